The first-order chi connectivity index (χ1) is 8.09. The first kappa shape index (κ1) is 12.5. The van der Waals surface area contributed by atoms with Gasteiger partial charge in [-0.2, -0.15) is 0 Å². The van der Waals surface area contributed by atoms with E-state index in [0.29, 0.717) is 5.56 Å². The minimum Gasteiger partial charge on any atom is -0.452 e. The molecule has 0 aliphatic carbocycles. The molecule has 0 N–H and O–H groups in total. The van der Waals surface area contributed by atoms with Crippen LogP contribution in [0, 0.1) is 0 Å². The first-order valence-electron chi connectivity index (χ1n) is 5.82. The van der Waals surface area contributed by atoms with Crippen LogP contribution in [0.1, 0.15) is 23.7 Å². The van der Waals surface area contributed by atoms with E-state index in [0.717, 1.165) is 26.1 Å². The molecule has 0 spiro atoms. The van der Waals surface area contributed by atoms with E-state index in [1.165, 1.54) is 6.26 Å². The molecule has 2 rings (SSSR count). The number of furan rings is 1. The van der Waals surface area contributed by atoms with Crippen molar-refractivity contribution in [3.05, 3.63) is 23.1 Å². The second-order valence-corrected chi connectivity index (χ2v) is 4.91. The zero-order chi connectivity index (χ0) is 12.4. The first-order valence-corrected chi connectivity index (χ1v) is 6.20. The Morgan fingerprint density at radius 2 is 2.29 bits per heavy atom. The van der Waals surface area contributed by atoms with Gasteiger partial charge in [0.2, 0.25) is 5.22 Å². The molecule has 0 saturated carbocycles. The molecule has 1 saturated heterocycles. The Labute approximate surface area is 106 Å². The van der Waals surface area contributed by atoms with E-state index in [2.05, 4.69) is 18.9 Å². The fraction of sp³-hybridized carbons (Fsp3) is 0.583. The average Bonchev–Trinajstić information content (AvgIpc) is 2.61. The van der Waals surface area contributed by atoms with Crippen LogP contribution < -0.4 is 0 Å². The minimum absolute atomic E-state index is 0.0356. The van der Waals surface area contributed by atoms with Crippen molar-refractivity contribution in [2.45, 2.75) is 19.4 Å². The van der Waals surface area contributed by atoms with Gasteiger partial charge >= 0.3 is 0 Å². The summed E-state index contributed by atoms with van der Waals surface area (Å²) < 4.78 is 4.97. The van der Waals surface area contributed by atoms with Crippen LogP contribution in [-0.4, -0.2) is 48.4 Å². The van der Waals surface area contributed by atoms with Crippen LogP contribution in [0.3, 0.4) is 0 Å². The fourth-order valence-electron chi connectivity index (χ4n) is 2.27. The molecule has 1 fully saturated rings. The second kappa shape index (κ2) is 5.10. The van der Waals surface area contributed by atoms with Gasteiger partial charge in [0.1, 0.15) is 0 Å². The highest BCUT2D eigenvalue weighted by molar-refractivity contribution is 6.32. The lowest BCUT2D eigenvalue weighted by atomic mass is 10.2. The van der Waals surface area contributed by atoms with Gasteiger partial charge in [-0.05, 0) is 44.6 Å². The van der Waals surface area contributed by atoms with Gasteiger partial charge in [-0.1, -0.05) is 0 Å². The van der Waals surface area contributed by atoms with E-state index in [-0.39, 0.29) is 17.2 Å². The maximum atomic E-state index is 12.3. The lowest BCUT2D eigenvalue weighted by Crippen LogP contribution is -2.41. The summed E-state index contributed by atoms with van der Waals surface area (Å²) in [6, 6.07) is 1.83. The molecular weight excluding hydrogens is 240 g/mol. The maximum Gasteiger partial charge on any atom is 0.259 e. The van der Waals surface area contributed by atoms with E-state index in [9.17, 15) is 4.79 Å². The highest BCUT2D eigenvalue weighted by Gasteiger charge is 2.27. The van der Waals surface area contributed by atoms with Crippen LogP contribution in [0.15, 0.2) is 16.7 Å². The van der Waals surface area contributed by atoms with E-state index >= 15 is 0 Å². The Bertz CT molecular complexity index is 405. The molecule has 2 heterocycles. The van der Waals surface area contributed by atoms with Gasteiger partial charge in [0.25, 0.3) is 5.91 Å². The van der Waals surface area contributed by atoms with Gasteiger partial charge in [0.05, 0.1) is 11.8 Å². The number of carbonyl (C=O) groups is 1. The monoisotopic (exact) mass is 256 g/mol. The minimum atomic E-state index is -0.0356. The molecule has 0 radical (unpaired) electrons. The molecule has 1 amide bonds. The number of likely N-dealkylation sites (N-methyl/N-ethyl adjacent to an activating group) is 1. The summed E-state index contributed by atoms with van der Waals surface area (Å²) in [5, 5.41) is 0.180. The molecule has 1 aliphatic heterocycles. The number of amides is 1. The van der Waals surface area contributed by atoms with Crippen molar-refractivity contribution in [3.63, 3.8) is 0 Å². The third-order valence-corrected chi connectivity index (χ3v) is 3.45. The van der Waals surface area contributed by atoms with Crippen LogP contribution in [0.4, 0.5) is 0 Å². The van der Waals surface area contributed by atoms with E-state index in [1.807, 2.05) is 4.90 Å². The van der Waals surface area contributed by atoms with Crippen molar-refractivity contribution < 1.29 is 9.21 Å². The Morgan fingerprint density at radius 1 is 1.53 bits per heavy atom. The van der Waals surface area contributed by atoms with Crippen molar-refractivity contribution in [2.75, 3.05) is 26.7 Å². The summed E-state index contributed by atoms with van der Waals surface area (Å²) in [5.41, 5.74) is 0.461. The molecule has 4 nitrogen and oxygen atoms in total. The van der Waals surface area contributed by atoms with Crippen LogP contribution in [0.5, 0.6) is 0 Å². The van der Waals surface area contributed by atoms with Crippen molar-refractivity contribution in [2.24, 2.45) is 0 Å². The summed E-state index contributed by atoms with van der Waals surface area (Å²) in [5.74, 6) is -0.0356. The predicted octanol–water partition coefficient (Wildman–Crippen LogP) is 2.10. The molecule has 1 aliphatic rings. The standard InChI is InChI=1S/C12H17ClN2O2/c1-9-8-14(2)5-3-6-15(9)12(16)10-4-7-17-11(10)13/h4,7,9H,3,5-6,8H2,1-2H3. The van der Waals surface area contributed by atoms with Gasteiger partial charge < -0.3 is 14.2 Å². The van der Waals surface area contributed by atoms with Crippen LogP contribution in [-0.2, 0) is 0 Å². The van der Waals surface area contributed by atoms with Crippen molar-refractivity contribution in [3.8, 4) is 0 Å². The number of hydrogen-bond donors (Lipinski definition) is 0. The molecule has 94 valence electrons. The summed E-state index contributed by atoms with van der Waals surface area (Å²) in [6.45, 7) is 4.74. The van der Waals surface area contributed by atoms with Crippen molar-refractivity contribution in [1.29, 1.82) is 0 Å². The normalized spacial score (nSPS) is 22.5. The highest BCUT2D eigenvalue weighted by atomic mass is 35.5. The quantitative estimate of drug-likeness (QED) is 0.772. The molecule has 1 aromatic rings. The largest absolute Gasteiger partial charge is 0.452 e. The summed E-state index contributed by atoms with van der Waals surface area (Å²) in [4.78, 5) is 16.4. The van der Waals surface area contributed by atoms with Crippen LogP contribution >= 0.6 is 11.6 Å². The number of rotatable bonds is 1. The molecule has 1 aromatic heterocycles. The zero-order valence-corrected chi connectivity index (χ0v) is 10.9. The van der Waals surface area contributed by atoms with Gasteiger partial charge in [-0.15, -0.1) is 0 Å². The van der Waals surface area contributed by atoms with Crippen molar-refractivity contribution in [1.82, 2.24) is 9.80 Å². The number of carbonyl (C=O) groups excluding carboxylic acids is 1. The summed E-state index contributed by atoms with van der Waals surface area (Å²) in [7, 11) is 2.08. The third-order valence-electron chi connectivity index (χ3n) is 3.16. The topological polar surface area (TPSA) is 36.7 Å². The fourth-order valence-corrected chi connectivity index (χ4v) is 2.47. The Kier molecular flexibility index (Phi) is 3.74. The molecule has 17 heavy (non-hydrogen) atoms. The average molecular weight is 257 g/mol. The zero-order valence-electron chi connectivity index (χ0n) is 10.1. The molecule has 0 bridgehead atoms. The van der Waals surface area contributed by atoms with Gasteiger partial charge in [-0.25, -0.2) is 0 Å². The molecule has 1 atom stereocenters. The van der Waals surface area contributed by atoms with Crippen LogP contribution in [0.2, 0.25) is 5.22 Å². The molecule has 0 aromatic carbocycles. The molecular formula is C12H17ClN2O2. The second-order valence-electron chi connectivity index (χ2n) is 4.57. The Morgan fingerprint density at radius 3 is 2.94 bits per heavy atom. The smallest absolute Gasteiger partial charge is 0.259 e. The van der Waals surface area contributed by atoms with Crippen LogP contribution in [0.25, 0.3) is 0 Å². The lowest BCUT2D eigenvalue weighted by molar-refractivity contribution is 0.0696. The Hall–Kier alpha value is -1.00. The van der Waals surface area contributed by atoms with E-state index in [4.69, 9.17) is 16.0 Å². The Balaban J connectivity index is 2.16. The van der Waals surface area contributed by atoms with E-state index < -0.39 is 0 Å². The van der Waals surface area contributed by atoms with Gasteiger partial charge in [0, 0.05) is 19.1 Å². The third kappa shape index (κ3) is 2.64. The highest BCUT2D eigenvalue weighted by Crippen LogP contribution is 2.21. The number of halogens is 1. The lowest BCUT2D eigenvalue weighted by Gasteiger charge is -2.27. The molecule has 1 unspecified atom stereocenters. The predicted molar refractivity (Wildman–Crippen MR) is 66.3 cm³/mol. The molecule has 5 heteroatoms. The van der Waals surface area contributed by atoms with Crippen molar-refractivity contribution >= 4 is 17.5 Å². The maximum absolute atomic E-state index is 12.3. The van der Waals surface area contributed by atoms with E-state index in [1.54, 1.807) is 6.07 Å². The summed E-state index contributed by atoms with van der Waals surface area (Å²) >= 11 is 5.85. The van der Waals surface area contributed by atoms with Gasteiger partial charge in [0.15, 0.2) is 0 Å². The number of hydrogen-bond acceptors (Lipinski definition) is 3. The SMILES string of the molecule is CC1CN(C)CCCN1C(=O)c1ccoc1Cl. The number of nitrogens with zero attached hydrogens (tertiary/aromatic N) is 2. The summed E-state index contributed by atoms with van der Waals surface area (Å²) in [6.07, 6.45) is 2.44. The van der Waals surface area contributed by atoms with Gasteiger partial charge in [-0.3, -0.25) is 4.79 Å².